The molecule has 49 heavy (non-hydrogen) atoms. The van der Waals surface area contributed by atoms with Crippen LogP contribution in [0.15, 0.2) is 174 Å². The van der Waals surface area contributed by atoms with E-state index in [0.717, 1.165) is 44.4 Å². The van der Waals surface area contributed by atoms with E-state index in [4.69, 9.17) is 4.42 Å². The minimum Gasteiger partial charge on any atom is -0.456 e. The molecule has 0 saturated heterocycles. The number of aromatic nitrogens is 2. The molecule has 0 atom stereocenters. The molecule has 3 heteroatoms. The van der Waals surface area contributed by atoms with Gasteiger partial charge >= 0.3 is 0 Å². The van der Waals surface area contributed by atoms with Crippen LogP contribution in [0.1, 0.15) is 0 Å². The Morgan fingerprint density at radius 3 is 1.92 bits per heavy atom. The summed E-state index contributed by atoms with van der Waals surface area (Å²) in [5.41, 5.74) is 11.2. The molecule has 0 saturated carbocycles. The zero-order valence-corrected chi connectivity index (χ0v) is 26.5. The summed E-state index contributed by atoms with van der Waals surface area (Å²) < 4.78 is 11.1. The average Bonchev–Trinajstić information content (AvgIpc) is 3.81. The predicted octanol–water partition coefficient (Wildman–Crippen LogP) is 12.6. The molecule has 3 heterocycles. The smallest absolute Gasteiger partial charge is 0.136 e. The molecular weight excluding hydrogens is 597 g/mol. The minimum atomic E-state index is 0.907. The molecule has 0 radical (unpaired) electrons. The van der Waals surface area contributed by atoms with Gasteiger partial charge in [-0.3, -0.25) is 0 Å². The fourth-order valence-electron chi connectivity index (χ4n) is 8.09. The molecule has 0 aliphatic carbocycles. The molecule has 11 rings (SSSR count). The number of hydrogen-bond donors (Lipinski definition) is 0. The fraction of sp³-hybridized carbons (Fsp3) is 0. The summed E-state index contributed by atoms with van der Waals surface area (Å²) in [6.45, 7) is 0. The highest BCUT2D eigenvalue weighted by Gasteiger charge is 2.20. The van der Waals surface area contributed by atoms with E-state index in [9.17, 15) is 0 Å². The first kappa shape index (κ1) is 26.5. The van der Waals surface area contributed by atoms with Gasteiger partial charge in [0, 0.05) is 49.1 Å². The summed E-state index contributed by atoms with van der Waals surface area (Å²) in [6.07, 6.45) is 0. The standard InChI is InChI=1S/C46H28N2O/c1-2-13-32(14-3-1)48-43-28-42-39(27-40(43)38-24-21-29-11-4-5-16-34(29)46(38)48)35-17-6-8-19-41(35)47(42)33-15-10-12-30(25-33)31-22-23-37-36-18-7-9-20-44(36)49-45(37)26-31/h1-28H. The van der Waals surface area contributed by atoms with Crippen LogP contribution in [0.3, 0.4) is 0 Å². The van der Waals surface area contributed by atoms with Crippen molar-refractivity contribution in [1.29, 1.82) is 0 Å². The van der Waals surface area contributed by atoms with Gasteiger partial charge in [0.15, 0.2) is 0 Å². The molecule has 0 aliphatic rings. The van der Waals surface area contributed by atoms with Crippen molar-refractivity contribution in [3.63, 3.8) is 0 Å². The van der Waals surface area contributed by atoms with Crippen molar-refractivity contribution in [2.75, 3.05) is 0 Å². The SMILES string of the molecule is c1ccc(-n2c3cc4c(cc3c3ccc5ccccc5c32)c2ccccc2n4-c2cccc(-c3ccc4c(c3)oc3ccccc34)c2)cc1. The highest BCUT2D eigenvalue weighted by molar-refractivity contribution is 6.23. The van der Waals surface area contributed by atoms with Crippen LogP contribution in [-0.2, 0) is 0 Å². The van der Waals surface area contributed by atoms with Gasteiger partial charge < -0.3 is 13.6 Å². The van der Waals surface area contributed by atoms with Crippen molar-refractivity contribution in [3.05, 3.63) is 170 Å². The van der Waals surface area contributed by atoms with Crippen LogP contribution in [-0.4, -0.2) is 9.13 Å². The maximum absolute atomic E-state index is 6.27. The molecule has 0 aliphatic heterocycles. The fourth-order valence-corrected chi connectivity index (χ4v) is 8.09. The maximum atomic E-state index is 6.27. The summed E-state index contributed by atoms with van der Waals surface area (Å²) in [4.78, 5) is 0. The second-order valence-corrected chi connectivity index (χ2v) is 13.0. The lowest BCUT2D eigenvalue weighted by molar-refractivity contribution is 0.669. The molecule has 8 aromatic carbocycles. The number of rotatable bonds is 3. The summed E-state index contributed by atoms with van der Waals surface area (Å²) >= 11 is 0. The van der Waals surface area contributed by atoms with Gasteiger partial charge in [-0.25, -0.2) is 0 Å². The van der Waals surface area contributed by atoms with Gasteiger partial charge in [0.05, 0.1) is 22.1 Å². The van der Waals surface area contributed by atoms with Gasteiger partial charge in [-0.1, -0.05) is 109 Å². The van der Waals surface area contributed by atoms with Gasteiger partial charge in [0.2, 0.25) is 0 Å². The molecule has 228 valence electrons. The Kier molecular flexibility index (Phi) is 5.38. The number of furan rings is 1. The monoisotopic (exact) mass is 624 g/mol. The zero-order valence-electron chi connectivity index (χ0n) is 26.5. The molecule has 0 bridgehead atoms. The van der Waals surface area contributed by atoms with E-state index in [1.54, 1.807) is 0 Å². The average molecular weight is 625 g/mol. The molecule has 0 unspecified atom stereocenters. The zero-order chi connectivity index (χ0) is 32.1. The molecular formula is C46H28N2O. The summed E-state index contributed by atoms with van der Waals surface area (Å²) in [6, 6.07) is 61.4. The van der Waals surface area contributed by atoms with Crippen molar-refractivity contribution >= 4 is 76.3 Å². The first-order chi connectivity index (χ1) is 24.3. The van der Waals surface area contributed by atoms with Crippen LogP contribution in [0.4, 0.5) is 0 Å². The van der Waals surface area contributed by atoms with E-state index < -0.39 is 0 Å². The third kappa shape index (κ3) is 3.78. The Hall–Kier alpha value is -6.58. The number of fused-ring (bicyclic) bond motifs is 11. The van der Waals surface area contributed by atoms with Crippen molar-refractivity contribution < 1.29 is 4.42 Å². The number of hydrogen-bond acceptors (Lipinski definition) is 1. The summed E-state index contributed by atoms with van der Waals surface area (Å²) in [7, 11) is 0. The van der Waals surface area contributed by atoms with Gasteiger partial charge in [0.1, 0.15) is 11.2 Å². The maximum Gasteiger partial charge on any atom is 0.136 e. The number of benzene rings is 8. The molecule has 11 aromatic rings. The normalized spacial score (nSPS) is 12.1. The van der Waals surface area contributed by atoms with Crippen molar-refractivity contribution in [3.8, 4) is 22.5 Å². The van der Waals surface area contributed by atoms with Crippen LogP contribution in [0, 0.1) is 0 Å². The Labute approximate surface area is 281 Å². The molecule has 3 aromatic heterocycles. The lowest BCUT2D eigenvalue weighted by atomic mass is 10.0. The Morgan fingerprint density at radius 1 is 0.327 bits per heavy atom. The van der Waals surface area contributed by atoms with E-state index in [-0.39, 0.29) is 0 Å². The predicted molar refractivity (Wildman–Crippen MR) is 205 cm³/mol. The van der Waals surface area contributed by atoms with Crippen LogP contribution in [0.25, 0.3) is 98.8 Å². The van der Waals surface area contributed by atoms with E-state index in [1.165, 1.54) is 54.4 Å². The van der Waals surface area contributed by atoms with Gasteiger partial charge in [-0.15, -0.1) is 0 Å². The third-order valence-electron chi connectivity index (χ3n) is 10.3. The summed E-state index contributed by atoms with van der Waals surface area (Å²) in [5.74, 6) is 0. The van der Waals surface area contributed by atoms with E-state index in [1.807, 2.05) is 12.1 Å². The first-order valence-electron chi connectivity index (χ1n) is 16.8. The highest BCUT2D eigenvalue weighted by Crippen LogP contribution is 2.42. The quantitative estimate of drug-likeness (QED) is 0.192. The molecule has 0 amide bonds. The lowest BCUT2D eigenvalue weighted by Gasteiger charge is -2.12. The highest BCUT2D eigenvalue weighted by atomic mass is 16.3. The first-order valence-corrected chi connectivity index (χ1v) is 16.8. The van der Waals surface area contributed by atoms with Crippen LogP contribution in [0.2, 0.25) is 0 Å². The Morgan fingerprint density at radius 2 is 1.00 bits per heavy atom. The molecule has 3 nitrogen and oxygen atoms in total. The Bertz CT molecular complexity index is 3100. The third-order valence-corrected chi connectivity index (χ3v) is 10.3. The molecule has 0 N–H and O–H groups in total. The van der Waals surface area contributed by atoms with E-state index >= 15 is 0 Å². The second kappa shape index (κ2) is 9.96. The van der Waals surface area contributed by atoms with Crippen molar-refractivity contribution in [2.24, 2.45) is 0 Å². The molecule has 0 spiro atoms. The number of nitrogens with zero attached hydrogens (tertiary/aromatic N) is 2. The lowest BCUT2D eigenvalue weighted by Crippen LogP contribution is -1.96. The van der Waals surface area contributed by atoms with Crippen molar-refractivity contribution in [2.45, 2.75) is 0 Å². The number of para-hydroxylation sites is 3. The largest absolute Gasteiger partial charge is 0.456 e. The van der Waals surface area contributed by atoms with Gasteiger partial charge in [0.25, 0.3) is 0 Å². The van der Waals surface area contributed by atoms with Gasteiger partial charge in [-0.05, 0) is 77.2 Å². The second-order valence-electron chi connectivity index (χ2n) is 13.0. The van der Waals surface area contributed by atoms with E-state index in [0.29, 0.717) is 0 Å². The Balaban J connectivity index is 1.20. The van der Waals surface area contributed by atoms with Crippen LogP contribution in [0.5, 0.6) is 0 Å². The van der Waals surface area contributed by atoms with Crippen LogP contribution >= 0.6 is 0 Å². The van der Waals surface area contributed by atoms with Crippen LogP contribution < -0.4 is 0 Å². The van der Waals surface area contributed by atoms with Crippen molar-refractivity contribution in [1.82, 2.24) is 9.13 Å². The topological polar surface area (TPSA) is 23.0 Å². The minimum absolute atomic E-state index is 0.907. The van der Waals surface area contributed by atoms with E-state index in [2.05, 4.69) is 167 Å². The summed E-state index contributed by atoms with van der Waals surface area (Å²) in [5, 5.41) is 9.80. The molecule has 0 fully saturated rings. The van der Waals surface area contributed by atoms with Gasteiger partial charge in [-0.2, -0.15) is 0 Å².